The van der Waals surface area contributed by atoms with Crippen molar-refractivity contribution in [3.63, 3.8) is 0 Å². The van der Waals surface area contributed by atoms with Gasteiger partial charge < -0.3 is 5.11 Å². The number of nitrogens with one attached hydrogen (secondary N) is 1. The Kier molecular flexibility index (Phi) is 3.55. The fourth-order valence-corrected chi connectivity index (χ4v) is 3.37. The number of rotatable bonds is 4. The maximum absolute atomic E-state index is 11.8. The second-order valence-electron chi connectivity index (χ2n) is 3.94. The van der Waals surface area contributed by atoms with Crippen LogP contribution in [0.5, 0.6) is 0 Å². The van der Waals surface area contributed by atoms with Crippen molar-refractivity contribution in [2.45, 2.75) is 36.6 Å². The zero-order valence-electron chi connectivity index (χ0n) is 8.89. The molecule has 0 aromatic carbocycles. The molecule has 2 N–H and O–H groups in total. The zero-order chi connectivity index (χ0) is 11.7. The van der Waals surface area contributed by atoms with E-state index in [4.69, 9.17) is 0 Å². The summed E-state index contributed by atoms with van der Waals surface area (Å²) in [6.07, 6.45) is -0.757. The minimum absolute atomic E-state index is 0.260. The Morgan fingerprint density at radius 2 is 2.13 bits per heavy atom. The average molecular weight is 249 g/mol. The number of sulfonamides is 1. The molecule has 1 heterocycles. The quantitative estimate of drug-likeness (QED) is 0.842. The highest BCUT2D eigenvalue weighted by molar-refractivity contribution is 7.91. The predicted octanol–water partition coefficient (Wildman–Crippen LogP) is 1.19. The largest absolute Gasteiger partial charge is 0.391 e. The molecule has 0 radical (unpaired) electrons. The van der Waals surface area contributed by atoms with Crippen molar-refractivity contribution in [1.29, 1.82) is 0 Å². The summed E-state index contributed by atoms with van der Waals surface area (Å²) in [7, 11) is -3.51. The Morgan fingerprint density at radius 1 is 1.53 bits per heavy atom. The van der Waals surface area contributed by atoms with E-state index in [-0.39, 0.29) is 4.21 Å². The molecule has 0 amide bonds. The molecule has 1 unspecified atom stereocenters. The van der Waals surface area contributed by atoms with Gasteiger partial charge in [0, 0.05) is 0 Å². The smallest absolute Gasteiger partial charge is 0.250 e. The van der Waals surface area contributed by atoms with E-state index in [1.165, 1.54) is 6.07 Å². The molecule has 1 rings (SSSR count). The molecule has 0 aliphatic heterocycles. The van der Waals surface area contributed by atoms with E-state index in [0.29, 0.717) is 0 Å². The maximum atomic E-state index is 11.8. The van der Waals surface area contributed by atoms with Crippen molar-refractivity contribution >= 4 is 21.4 Å². The van der Waals surface area contributed by atoms with Crippen LogP contribution in [0.2, 0.25) is 0 Å². The Morgan fingerprint density at radius 3 is 2.53 bits per heavy atom. The molecule has 1 aromatic rings. The Hall–Kier alpha value is -0.430. The lowest BCUT2D eigenvalue weighted by Gasteiger charge is -2.28. The van der Waals surface area contributed by atoms with E-state index in [0.717, 1.165) is 11.3 Å². The third kappa shape index (κ3) is 3.01. The molecule has 0 aliphatic carbocycles. The van der Waals surface area contributed by atoms with Crippen LogP contribution in [0.25, 0.3) is 0 Å². The first-order valence-electron chi connectivity index (χ1n) is 4.51. The third-order valence-electron chi connectivity index (χ3n) is 2.20. The van der Waals surface area contributed by atoms with E-state index in [2.05, 4.69) is 4.72 Å². The summed E-state index contributed by atoms with van der Waals surface area (Å²) >= 11 is 1.15. The molecule has 0 spiro atoms. The minimum Gasteiger partial charge on any atom is -0.391 e. The average Bonchev–Trinajstić information content (AvgIpc) is 2.53. The molecule has 15 heavy (non-hydrogen) atoms. The van der Waals surface area contributed by atoms with Crippen LogP contribution in [0.15, 0.2) is 21.7 Å². The summed E-state index contributed by atoms with van der Waals surface area (Å²) < 4.78 is 26.3. The molecular weight excluding hydrogens is 234 g/mol. The molecule has 0 saturated carbocycles. The molecule has 6 heteroatoms. The van der Waals surface area contributed by atoms with Crippen molar-refractivity contribution in [3.05, 3.63) is 17.5 Å². The fourth-order valence-electron chi connectivity index (χ4n) is 0.898. The van der Waals surface area contributed by atoms with Crippen LogP contribution in [-0.2, 0) is 10.0 Å². The monoisotopic (exact) mass is 249 g/mol. The number of aliphatic hydroxyl groups excluding tert-OH is 1. The van der Waals surface area contributed by atoms with E-state index in [1.54, 1.807) is 32.2 Å². The Labute approximate surface area is 94.0 Å². The summed E-state index contributed by atoms with van der Waals surface area (Å²) in [6.45, 7) is 4.84. The normalized spacial score (nSPS) is 15.2. The minimum atomic E-state index is -3.51. The standard InChI is InChI=1S/C9H15NO3S2/c1-7(11)9(2,3)10-15(12,13)8-5-4-6-14-8/h4-7,10-11H,1-3H3. The molecular formula is C9H15NO3S2. The first-order chi connectivity index (χ1) is 6.76. The first kappa shape index (κ1) is 12.6. The SMILES string of the molecule is CC(O)C(C)(C)NS(=O)(=O)c1cccs1. The lowest BCUT2D eigenvalue weighted by Crippen LogP contribution is -2.50. The van der Waals surface area contributed by atoms with Gasteiger partial charge in [-0.05, 0) is 32.2 Å². The van der Waals surface area contributed by atoms with Crippen LogP contribution in [-0.4, -0.2) is 25.2 Å². The van der Waals surface area contributed by atoms with E-state index >= 15 is 0 Å². The van der Waals surface area contributed by atoms with Gasteiger partial charge in [0.25, 0.3) is 10.0 Å². The second-order valence-corrected chi connectivity index (χ2v) is 6.79. The Bertz CT molecular complexity index is 407. The fraction of sp³-hybridized carbons (Fsp3) is 0.556. The molecule has 0 aliphatic rings. The van der Waals surface area contributed by atoms with Gasteiger partial charge in [-0.25, -0.2) is 13.1 Å². The van der Waals surface area contributed by atoms with Gasteiger partial charge in [0.2, 0.25) is 0 Å². The van der Waals surface area contributed by atoms with Gasteiger partial charge in [0.05, 0.1) is 11.6 Å². The third-order valence-corrected chi connectivity index (χ3v) is 5.27. The van der Waals surface area contributed by atoms with Crippen molar-refractivity contribution < 1.29 is 13.5 Å². The van der Waals surface area contributed by atoms with E-state index in [1.807, 2.05) is 0 Å². The lowest BCUT2D eigenvalue weighted by molar-refractivity contribution is 0.112. The van der Waals surface area contributed by atoms with Crippen molar-refractivity contribution in [2.75, 3.05) is 0 Å². The first-order valence-corrected chi connectivity index (χ1v) is 6.87. The number of hydrogen-bond donors (Lipinski definition) is 2. The molecule has 0 bridgehead atoms. The van der Waals surface area contributed by atoms with Gasteiger partial charge in [-0.3, -0.25) is 0 Å². The number of hydrogen-bond acceptors (Lipinski definition) is 4. The molecule has 4 nitrogen and oxygen atoms in total. The van der Waals surface area contributed by atoms with Gasteiger partial charge in [-0.2, -0.15) is 0 Å². The number of thiophene rings is 1. The topological polar surface area (TPSA) is 66.4 Å². The summed E-state index contributed by atoms with van der Waals surface area (Å²) in [5, 5.41) is 11.1. The van der Waals surface area contributed by atoms with E-state index < -0.39 is 21.7 Å². The Balaban J connectivity index is 2.92. The summed E-state index contributed by atoms with van der Waals surface area (Å²) in [5.41, 5.74) is -0.872. The maximum Gasteiger partial charge on any atom is 0.250 e. The zero-order valence-corrected chi connectivity index (χ0v) is 10.5. The molecule has 1 atom stereocenters. The number of aliphatic hydroxyl groups is 1. The lowest BCUT2D eigenvalue weighted by atomic mass is 10.0. The molecule has 1 aromatic heterocycles. The molecule has 0 fully saturated rings. The van der Waals surface area contributed by atoms with Crippen molar-refractivity contribution in [2.24, 2.45) is 0 Å². The molecule has 0 saturated heterocycles. The highest BCUT2D eigenvalue weighted by atomic mass is 32.2. The summed E-state index contributed by atoms with van der Waals surface area (Å²) in [5.74, 6) is 0. The second kappa shape index (κ2) is 4.21. The van der Waals surface area contributed by atoms with Gasteiger partial charge in [-0.15, -0.1) is 11.3 Å². The summed E-state index contributed by atoms with van der Waals surface area (Å²) in [4.78, 5) is 0. The van der Waals surface area contributed by atoms with Gasteiger partial charge >= 0.3 is 0 Å². The predicted molar refractivity (Wildman–Crippen MR) is 60.4 cm³/mol. The highest BCUT2D eigenvalue weighted by Gasteiger charge is 2.30. The van der Waals surface area contributed by atoms with Crippen LogP contribution in [0.1, 0.15) is 20.8 Å². The van der Waals surface area contributed by atoms with Crippen LogP contribution < -0.4 is 4.72 Å². The van der Waals surface area contributed by atoms with E-state index in [9.17, 15) is 13.5 Å². The van der Waals surface area contributed by atoms with Gasteiger partial charge in [0.1, 0.15) is 4.21 Å². The van der Waals surface area contributed by atoms with Crippen molar-refractivity contribution in [1.82, 2.24) is 4.72 Å². The van der Waals surface area contributed by atoms with Crippen LogP contribution >= 0.6 is 11.3 Å². The highest BCUT2D eigenvalue weighted by Crippen LogP contribution is 2.19. The van der Waals surface area contributed by atoms with Crippen LogP contribution in [0.4, 0.5) is 0 Å². The van der Waals surface area contributed by atoms with Crippen LogP contribution in [0, 0.1) is 0 Å². The van der Waals surface area contributed by atoms with Crippen LogP contribution in [0.3, 0.4) is 0 Å². The van der Waals surface area contributed by atoms with Crippen molar-refractivity contribution in [3.8, 4) is 0 Å². The summed E-state index contributed by atoms with van der Waals surface area (Å²) in [6, 6.07) is 3.21. The van der Waals surface area contributed by atoms with Gasteiger partial charge in [-0.1, -0.05) is 6.07 Å². The van der Waals surface area contributed by atoms with Gasteiger partial charge in [0.15, 0.2) is 0 Å². The molecule has 86 valence electrons.